The minimum Gasteiger partial charge on any atom is -0.489 e. The van der Waals surface area contributed by atoms with Crippen LogP contribution in [0.1, 0.15) is 10.4 Å². The number of carbonyl (C=O) groups excluding carboxylic acids is 1. The molecule has 3 nitrogen and oxygen atoms in total. The third-order valence-corrected chi connectivity index (χ3v) is 3.21. The van der Waals surface area contributed by atoms with Crippen LogP contribution in [-0.2, 0) is 0 Å². The second-order valence-corrected chi connectivity index (χ2v) is 4.95. The van der Waals surface area contributed by atoms with Crippen molar-refractivity contribution in [2.45, 2.75) is 0 Å². The highest BCUT2D eigenvalue weighted by molar-refractivity contribution is 6.30. The summed E-state index contributed by atoms with van der Waals surface area (Å²) < 4.78 is 18.7. The normalized spacial score (nSPS) is 10.2. The Bertz CT molecular complexity index is 616. The van der Waals surface area contributed by atoms with E-state index in [9.17, 15) is 9.18 Å². The highest BCUT2D eigenvalue weighted by Crippen LogP contribution is 2.15. The van der Waals surface area contributed by atoms with E-state index in [-0.39, 0.29) is 18.3 Å². The topological polar surface area (TPSA) is 29.5 Å². The lowest BCUT2D eigenvalue weighted by molar-refractivity contribution is 0.0773. The number of amides is 1. The fourth-order valence-corrected chi connectivity index (χ4v) is 1.89. The van der Waals surface area contributed by atoms with E-state index in [0.717, 1.165) is 0 Å². The van der Waals surface area contributed by atoms with Crippen LogP contribution >= 0.6 is 11.6 Å². The molecular weight excluding hydrogens is 293 g/mol. The summed E-state index contributed by atoms with van der Waals surface area (Å²) in [6.07, 6.45) is 0. The molecule has 0 unspecified atom stereocenters. The lowest BCUT2D eigenvalue weighted by Gasteiger charge is -2.17. The van der Waals surface area contributed by atoms with Gasteiger partial charge in [0.15, 0.2) is 11.6 Å². The number of likely N-dealkylation sites (N-methyl/N-ethyl adjacent to an activating group) is 1. The summed E-state index contributed by atoms with van der Waals surface area (Å²) in [6, 6.07) is 12.8. The molecule has 2 aromatic carbocycles. The fourth-order valence-electron chi connectivity index (χ4n) is 1.77. The van der Waals surface area contributed by atoms with Gasteiger partial charge in [-0.15, -0.1) is 0 Å². The van der Waals surface area contributed by atoms with E-state index in [1.54, 1.807) is 49.5 Å². The molecule has 0 radical (unpaired) electrons. The van der Waals surface area contributed by atoms with Crippen molar-refractivity contribution in [1.29, 1.82) is 0 Å². The summed E-state index contributed by atoms with van der Waals surface area (Å²) in [7, 11) is 1.67. The SMILES string of the molecule is CN(CCOc1ccccc1F)C(=O)c1ccc(Cl)cc1. The van der Waals surface area contributed by atoms with Crippen molar-refractivity contribution in [3.63, 3.8) is 0 Å². The second kappa shape index (κ2) is 7.09. The van der Waals surface area contributed by atoms with E-state index in [2.05, 4.69) is 0 Å². The van der Waals surface area contributed by atoms with Gasteiger partial charge in [0.2, 0.25) is 0 Å². The molecule has 1 amide bonds. The van der Waals surface area contributed by atoms with E-state index in [1.807, 2.05) is 0 Å². The van der Waals surface area contributed by atoms with Crippen LogP contribution in [0, 0.1) is 5.82 Å². The smallest absolute Gasteiger partial charge is 0.253 e. The van der Waals surface area contributed by atoms with Gasteiger partial charge >= 0.3 is 0 Å². The van der Waals surface area contributed by atoms with Crippen molar-refractivity contribution in [2.24, 2.45) is 0 Å². The fraction of sp³-hybridized carbons (Fsp3) is 0.188. The van der Waals surface area contributed by atoms with Crippen molar-refractivity contribution < 1.29 is 13.9 Å². The number of hydrogen-bond donors (Lipinski definition) is 0. The average Bonchev–Trinajstić information content (AvgIpc) is 2.49. The number of nitrogens with zero attached hydrogens (tertiary/aromatic N) is 1. The predicted octanol–water partition coefficient (Wildman–Crippen LogP) is 3.63. The molecular formula is C16H15ClFNO2. The molecule has 21 heavy (non-hydrogen) atoms. The molecule has 0 bridgehead atoms. The quantitative estimate of drug-likeness (QED) is 0.844. The van der Waals surface area contributed by atoms with Crippen LogP contribution in [0.15, 0.2) is 48.5 Å². The number of benzene rings is 2. The number of carbonyl (C=O) groups is 1. The molecule has 0 saturated heterocycles. The van der Waals surface area contributed by atoms with Crippen molar-refractivity contribution in [3.8, 4) is 5.75 Å². The first-order valence-electron chi connectivity index (χ1n) is 6.46. The van der Waals surface area contributed by atoms with Gasteiger partial charge in [-0.25, -0.2) is 4.39 Å². The van der Waals surface area contributed by atoms with E-state index < -0.39 is 5.82 Å². The molecule has 2 aromatic rings. The third-order valence-electron chi connectivity index (χ3n) is 2.96. The Kier molecular flexibility index (Phi) is 5.17. The van der Waals surface area contributed by atoms with E-state index in [4.69, 9.17) is 16.3 Å². The number of ether oxygens (including phenoxy) is 1. The highest BCUT2D eigenvalue weighted by Gasteiger charge is 2.11. The molecule has 0 aromatic heterocycles. The van der Waals surface area contributed by atoms with Crippen molar-refractivity contribution >= 4 is 17.5 Å². The molecule has 110 valence electrons. The Morgan fingerprint density at radius 3 is 2.52 bits per heavy atom. The molecule has 0 aliphatic heterocycles. The second-order valence-electron chi connectivity index (χ2n) is 4.51. The van der Waals surface area contributed by atoms with E-state index >= 15 is 0 Å². The van der Waals surface area contributed by atoms with Crippen LogP contribution in [0.5, 0.6) is 5.75 Å². The molecule has 0 atom stereocenters. The number of hydrogen-bond acceptors (Lipinski definition) is 2. The molecule has 0 spiro atoms. The third kappa shape index (κ3) is 4.20. The van der Waals surface area contributed by atoms with Crippen molar-refractivity contribution in [3.05, 3.63) is 64.9 Å². The monoisotopic (exact) mass is 307 g/mol. The highest BCUT2D eigenvalue weighted by atomic mass is 35.5. The van der Waals surface area contributed by atoms with Gasteiger partial charge in [0.05, 0.1) is 6.54 Å². The van der Waals surface area contributed by atoms with Gasteiger partial charge in [0.1, 0.15) is 6.61 Å². The van der Waals surface area contributed by atoms with E-state index in [1.165, 1.54) is 11.0 Å². The maximum absolute atomic E-state index is 13.4. The van der Waals surface area contributed by atoms with E-state index in [0.29, 0.717) is 17.1 Å². The van der Waals surface area contributed by atoms with Gasteiger partial charge in [-0.3, -0.25) is 4.79 Å². The molecule has 5 heteroatoms. The predicted molar refractivity (Wildman–Crippen MR) is 80.3 cm³/mol. The minimum atomic E-state index is -0.413. The van der Waals surface area contributed by atoms with Gasteiger partial charge in [-0.2, -0.15) is 0 Å². The van der Waals surface area contributed by atoms with Gasteiger partial charge in [-0.1, -0.05) is 23.7 Å². The first kappa shape index (κ1) is 15.3. The Balaban J connectivity index is 1.87. The zero-order chi connectivity index (χ0) is 15.2. The Morgan fingerprint density at radius 2 is 1.86 bits per heavy atom. The first-order valence-corrected chi connectivity index (χ1v) is 6.84. The Morgan fingerprint density at radius 1 is 1.19 bits per heavy atom. The molecule has 0 aliphatic rings. The van der Waals surface area contributed by atoms with Crippen LogP contribution in [0.25, 0.3) is 0 Å². The molecule has 0 fully saturated rings. The zero-order valence-electron chi connectivity index (χ0n) is 11.6. The van der Waals surface area contributed by atoms with Crippen LogP contribution < -0.4 is 4.74 Å². The van der Waals surface area contributed by atoms with Gasteiger partial charge < -0.3 is 9.64 Å². The van der Waals surface area contributed by atoms with Crippen molar-refractivity contribution in [1.82, 2.24) is 4.90 Å². The summed E-state index contributed by atoms with van der Waals surface area (Å²) in [4.78, 5) is 13.6. The number of para-hydroxylation sites is 1. The van der Waals surface area contributed by atoms with Crippen LogP contribution in [-0.4, -0.2) is 31.0 Å². The lowest BCUT2D eigenvalue weighted by Crippen LogP contribution is -2.30. The summed E-state index contributed by atoms with van der Waals surface area (Å²) in [5.74, 6) is -0.363. The molecule has 0 saturated carbocycles. The maximum atomic E-state index is 13.4. The lowest BCUT2D eigenvalue weighted by atomic mass is 10.2. The summed E-state index contributed by atoms with van der Waals surface area (Å²) >= 11 is 5.78. The number of halogens is 2. The molecule has 0 aliphatic carbocycles. The van der Waals surface area contributed by atoms with Crippen LogP contribution in [0.4, 0.5) is 4.39 Å². The first-order chi connectivity index (χ1) is 10.1. The summed E-state index contributed by atoms with van der Waals surface area (Å²) in [5, 5.41) is 0.581. The van der Waals surface area contributed by atoms with Gasteiger partial charge in [-0.05, 0) is 36.4 Å². The van der Waals surface area contributed by atoms with Gasteiger partial charge in [0.25, 0.3) is 5.91 Å². The average molecular weight is 308 g/mol. The van der Waals surface area contributed by atoms with Crippen molar-refractivity contribution in [2.75, 3.05) is 20.2 Å². The zero-order valence-corrected chi connectivity index (χ0v) is 12.3. The number of rotatable bonds is 5. The maximum Gasteiger partial charge on any atom is 0.253 e. The minimum absolute atomic E-state index is 0.135. The largest absolute Gasteiger partial charge is 0.489 e. The van der Waals surface area contributed by atoms with Gasteiger partial charge in [0, 0.05) is 17.6 Å². The van der Waals surface area contributed by atoms with Crippen LogP contribution in [0.3, 0.4) is 0 Å². The summed E-state index contributed by atoms with van der Waals surface area (Å²) in [5.41, 5.74) is 0.549. The summed E-state index contributed by atoms with van der Waals surface area (Å²) in [6.45, 7) is 0.576. The Labute approximate surface area is 127 Å². The molecule has 0 N–H and O–H groups in total. The Hall–Kier alpha value is -2.07. The molecule has 0 heterocycles. The molecule has 2 rings (SSSR count). The van der Waals surface area contributed by atoms with Crippen LogP contribution in [0.2, 0.25) is 5.02 Å². The standard InChI is InChI=1S/C16H15ClFNO2/c1-19(16(20)12-6-8-13(17)9-7-12)10-11-21-15-5-3-2-4-14(15)18/h2-9H,10-11H2,1H3.